The van der Waals surface area contributed by atoms with Gasteiger partial charge in [0.15, 0.2) is 5.65 Å². The zero-order valence-corrected chi connectivity index (χ0v) is 17.3. The molecule has 2 heterocycles. The van der Waals surface area contributed by atoms with Crippen molar-refractivity contribution in [3.63, 3.8) is 0 Å². The van der Waals surface area contributed by atoms with Crippen molar-refractivity contribution in [1.82, 2.24) is 19.4 Å². The summed E-state index contributed by atoms with van der Waals surface area (Å²) < 4.78 is 2.88. The maximum Gasteiger partial charge on any atom is 0.329 e. The number of rotatable bonds is 6. The monoisotopic (exact) mass is 435 g/mol. The minimum absolute atomic E-state index is 0.00633. The normalized spacial score (nSPS) is 10.9. The van der Waals surface area contributed by atoms with E-state index in [0.717, 1.165) is 5.56 Å². The number of carbonyl (C=O) groups is 2. The molecule has 152 valence electrons. The Labute approximate surface area is 176 Å². The number of aryl methyl sites for hydroxylation is 2. The quantitative estimate of drug-likeness (QED) is 0.621. The third kappa shape index (κ3) is 4.78. The van der Waals surface area contributed by atoms with E-state index < -0.39 is 0 Å². The highest BCUT2D eigenvalue weighted by atomic mass is 35.5. The molecule has 0 aliphatic rings. The van der Waals surface area contributed by atoms with Gasteiger partial charge in [-0.1, -0.05) is 29.3 Å². The van der Waals surface area contributed by atoms with Gasteiger partial charge in [0.25, 0.3) is 0 Å². The van der Waals surface area contributed by atoms with Crippen LogP contribution in [-0.2, 0) is 30.2 Å². The summed E-state index contributed by atoms with van der Waals surface area (Å²) in [5, 5.41) is 6.34. The topological polar surface area (TPSA) is 98.0 Å². The van der Waals surface area contributed by atoms with Gasteiger partial charge >= 0.3 is 5.69 Å². The fraction of sp³-hybridized carbons (Fsp3) is 0.263. The van der Waals surface area contributed by atoms with Gasteiger partial charge in [-0.05, 0) is 29.8 Å². The van der Waals surface area contributed by atoms with Crippen molar-refractivity contribution >= 4 is 52.0 Å². The van der Waals surface area contributed by atoms with Gasteiger partial charge in [0.2, 0.25) is 11.8 Å². The summed E-state index contributed by atoms with van der Waals surface area (Å²) in [4.78, 5) is 40.4. The number of fused-ring (bicyclic) bond motifs is 1. The van der Waals surface area contributed by atoms with E-state index in [1.165, 1.54) is 9.13 Å². The molecule has 0 saturated carbocycles. The first-order valence-electron chi connectivity index (χ1n) is 8.79. The Kier molecular flexibility index (Phi) is 6.24. The molecule has 0 aliphatic heterocycles. The molecule has 0 unspecified atom stereocenters. The first-order valence-corrected chi connectivity index (χ1v) is 9.55. The zero-order valence-electron chi connectivity index (χ0n) is 15.8. The number of halogens is 2. The first kappa shape index (κ1) is 20.9. The lowest BCUT2D eigenvalue weighted by molar-refractivity contribution is -0.124. The Morgan fingerprint density at radius 3 is 2.48 bits per heavy atom. The van der Waals surface area contributed by atoms with Gasteiger partial charge < -0.3 is 10.6 Å². The Bertz CT molecular complexity index is 1150. The molecule has 10 heteroatoms. The molecular formula is C19H19Cl2N5O3. The van der Waals surface area contributed by atoms with E-state index >= 15 is 0 Å². The second kappa shape index (κ2) is 8.67. The molecule has 0 fully saturated rings. The lowest BCUT2D eigenvalue weighted by atomic mass is 10.2. The van der Waals surface area contributed by atoms with Gasteiger partial charge in [0.05, 0.1) is 5.52 Å². The summed E-state index contributed by atoms with van der Waals surface area (Å²) in [6, 6.07) is 8.35. The Morgan fingerprint density at radius 1 is 1.03 bits per heavy atom. The number of anilines is 1. The van der Waals surface area contributed by atoms with Crippen LogP contribution < -0.4 is 16.3 Å². The van der Waals surface area contributed by atoms with E-state index in [1.54, 1.807) is 44.4 Å². The predicted octanol–water partition coefficient (Wildman–Crippen LogP) is 2.61. The van der Waals surface area contributed by atoms with Crippen molar-refractivity contribution in [1.29, 1.82) is 0 Å². The van der Waals surface area contributed by atoms with E-state index in [1.807, 2.05) is 0 Å². The van der Waals surface area contributed by atoms with Crippen molar-refractivity contribution in [3.8, 4) is 0 Å². The van der Waals surface area contributed by atoms with Crippen molar-refractivity contribution in [3.05, 3.63) is 56.4 Å². The number of hydrogen-bond donors (Lipinski definition) is 2. The number of benzene rings is 1. The highest BCUT2D eigenvalue weighted by Gasteiger charge is 2.12. The van der Waals surface area contributed by atoms with Crippen LogP contribution in [0, 0.1) is 0 Å². The Balaban J connectivity index is 1.53. The molecule has 29 heavy (non-hydrogen) atoms. The molecule has 0 bridgehead atoms. The first-order chi connectivity index (χ1) is 13.8. The molecule has 8 nitrogen and oxygen atoms in total. The number of nitrogens with one attached hydrogen (secondary N) is 2. The summed E-state index contributed by atoms with van der Waals surface area (Å²) in [6.07, 6.45) is 0.0106. The molecule has 3 aromatic rings. The molecule has 2 amide bonds. The van der Waals surface area contributed by atoms with Gasteiger partial charge in [-0.3, -0.25) is 18.7 Å². The summed E-state index contributed by atoms with van der Waals surface area (Å²) >= 11 is 11.9. The average molecular weight is 436 g/mol. The highest BCUT2D eigenvalue weighted by Crippen LogP contribution is 2.20. The lowest BCUT2D eigenvalue weighted by Gasteiger charge is -2.08. The van der Waals surface area contributed by atoms with Gasteiger partial charge in [-0.25, -0.2) is 9.78 Å². The van der Waals surface area contributed by atoms with Crippen LogP contribution in [0.1, 0.15) is 18.4 Å². The minimum atomic E-state index is -0.350. The molecule has 1 aromatic carbocycles. The highest BCUT2D eigenvalue weighted by molar-refractivity contribution is 6.35. The van der Waals surface area contributed by atoms with Crippen LogP contribution in [0.2, 0.25) is 10.0 Å². The standard InChI is InChI=1S/C19H19Cl2N5O3/c1-25-14-5-6-15(24-18(14)26(2)19(25)29)23-17(28)8-7-16(27)22-10-11-3-4-12(20)9-13(11)21/h3-6,9H,7-8,10H2,1-2H3,(H,22,27)(H,23,24,28). The fourth-order valence-electron chi connectivity index (χ4n) is 2.82. The van der Waals surface area contributed by atoms with E-state index in [-0.39, 0.29) is 36.9 Å². The predicted molar refractivity (Wildman–Crippen MR) is 112 cm³/mol. The van der Waals surface area contributed by atoms with Crippen molar-refractivity contribution in [2.24, 2.45) is 14.1 Å². The minimum Gasteiger partial charge on any atom is -0.352 e. The summed E-state index contributed by atoms with van der Waals surface area (Å²) in [7, 11) is 3.26. The molecular weight excluding hydrogens is 417 g/mol. The summed E-state index contributed by atoms with van der Waals surface area (Å²) in [5.74, 6) is -0.311. The van der Waals surface area contributed by atoms with Crippen LogP contribution in [0.3, 0.4) is 0 Å². The third-order valence-corrected chi connectivity index (χ3v) is 5.03. The van der Waals surface area contributed by atoms with Gasteiger partial charge in [0, 0.05) is 43.5 Å². The Hall–Kier alpha value is -2.84. The number of amides is 2. The number of hydrogen-bond acceptors (Lipinski definition) is 4. The fourth-order valence-corrected chi connectivity index (χ4v) is 3.29. The van der Waals surface area contributed by atoms with Crippen molar-refractivity contribution in [2.45, 2.75) is 19.4 Å². The van der Waals surface area contributed by atoms with Crippen LogP contribution in [-0.4, -0.2) is 25.9 Å². The van der Waals surface area contributed by atoms with Crippen LogP contribution in [0.15, 0.2) is 35.1 Å². The maximum absolute atomic E-state index is 12.1. The number of carbonyl (C=O) groups excluding carboxylic acids is 2. The molecule has 2 aromatic heterocycles. The van der Waals surface area contributed by atoms with Crippen LogP contribution in [0.25, 0.3) is 11.2 Å². The number of nitrogens with zero attached hydrogens (tertiary/aromatic N) is 3. The van der Waals surface area contributed by atoms with E-state index in [4.69, 9.17) is 23.2 Å². The summed E-state index contributed by atoms with van der Waals surface area (Å²) in [5.41, 5.74) is 1.66. The van der Waals surface area contributed by atoms with E-state index in [2.05, 4.69) is 15.6 Å². The van der Waals surface area contributed by atoms with E-state index in [9.17, 15) is 14.4 Å². The summed E-state index contributed by atoms with van der Waals surface area (Å²) in [6.45, 7) is 0.247. The average Bonchev–Trinajstić information content (AvgIpc) is 2.89. The second-order valence-electron chi connectivity index (χ2n) is 6.50. The number of imidazole rings is 1. The molecule has 0 saturated heterocycles. The zero-order chi connectivity index (χ0) is 21.1. The lowest BCUT2D eigenvalue weighted by Crippen LogP contribution is -2.24. The smallest absolute Gasteiger partial charge is 0.329 e. The van der Waals surface area contributed by atoms with Crippen LogP contribution >= 0.6 is 23.2 Å². The molecule has 2 N–H and O–H groups in total. The molecule has 0 aliphatic carbocycles. The van der Waals surface area contributed by atoms with Gasteiger partial charge in [-0.15, -0.1) is 0 Å². The molecule has 3 rings (SSSR count). The molecule has 0 spiro atoms. The maximum atomic E-state index is 12.1. The van der Waals surface area contributed by atoms with Crippen LogP contribution in [0.4, 0.5) is 5.82 Å². The van der Waals surface area contributed by atoms with E-state index in [0.29, 0.717) is 27.0 Å². The molecule has 0 atom stereocenters. The second-order valence-corrected chi connectivity index (χ2v) is 7.34. The molecule has 0 radical (unpaired) electrons. The largest absolute Gasteiger partial charge is 0.352 e. The van der Waals surface area contributed by atoms with Crippen molar-refractivity contribution < 1.29 is 9.59 Å². The van der Waals surface area contributed by atoms with Gasteiger partial charge in [0.1, 0.15) is 5.82 Å². The number of pyridine rings is 1. The third-order valence-electron chi connectivity index (χ3n) is 4.45. The van der Waals surface area contributed by atoms with Crippen molar-refractivity contribution in [2.75, 3.05) is 5.32 Å². The SMILES string of the molecule is Cn1c(=O)n(C)c2nc(NC(=O)CCC(=O)NCc3ccc(Cl)cc3Cl)ccc21. The Morgan fingerprint density at radius 2 is 1.76 bits per heavy atom. The number of aromatic nitrogens is 3. The van der Waals surface area contributed by atoms with Gasteiger partial charge in [-0.2, -0.15) is 0 Å². The van der Waals surface area contributed by atoms with Crippen LogP contribution in [0.5, 0.6) is 0 Å².